The zero-order chi connectivity index (χ0) is 12.8. The molecule has 0 aliphatic heterocycles. The summed E-state index contributed by atoms with van der Waals surface area (Å²) in [5.74, 6) is -0.965. The highest BCUT2D eigenvalue weighted by Crippen LogP contribution is 2.18. The lowest BCUT2D eigenvalue weighted by molar-refractivity contribution is 0.0698. The molecule has 5 heteroatoms. The molecule has 0 amide bonds. The molecular formula is C12H19N3O2. The van der Waals surface area contributed by atoms with E-state index in [0.717, 1.165) is 19.5 Å². The van der Waals surface area contributed by atoms with Gasteiger partial charge in [-0.1, -0.05) is 0 Å². The molecule has 0 radical (unpaired) electrons. The zero-order valence-corrected chi connectivity index (χ0v) is 10.2. The van der Waals surface area contributed by atoms with Crippen molar-refractivity contribution >= 4 is 17.3 Å². The molecule has 1 aromatic rings. The molecule has 0 fully saturated rings. The van der Waals surface area contributed by atoms with Gasteiger partial charge >= 0.3 is 5.97 Å². The highest BCUT2D eigenvalue weighted by atomic mass is 16.4. The lowest BCUT2D eigenvalue weighted by Crippen LogP contribution is -2.17. The van der Waals surface area contributed by atoms with Gasteiger partial charge in [0.1, 0.15) is 0 Å². The first kappa shape index (κ1) is 13.3. The normalized spacial score (nSPS) is 10.5. The minimum Gasteiger partial charge on any atom is -0.478 e. The molecule has 0 atom stereocenters. The molecule has 4 N–H and O–H groups in total. The third-order valence-electron chi connectivity index (χ3n) is 2.37. The van der Waals surface area contributed by atoms with E-state index in [-0.39, 0.29) is 5.56 Å². The van der Waals surface area contributed by atoms with Crippen molar-refractivity contribution in [2.75, 3.05) is 38.2 Å². The fourth-order valence-corrected chi connectivity index (χ4v) is 1.51. The number of benzene rings is 1. The molecular weight excluding hydrogens is 218 g/mol. The van der Waals surface area contributed by atoms with E-state index in [9.17, 15) is 4.79 Å². The Morgan fingerprint density at radius 2 is 2.18 bits per heavy atom. The number of nitrogens with one attached hydrogen (secondary N) is 1. The number of hydrogen-bond donors (Lipinski definition) is 3. The molecule has 0 spiro atoms. The standard InChI is InChI=1S/C12H19N3O2/c1-15(2)7-3-6-14-11-5-4-9(13)8-10(11)12(16)17/h4-5,8,14H,3,6-7,13H2,1-2H3,(H,16,17). The summed E-state index contributed by atoms with van der Waals surface area (Å²) in [7, 11) is 4.01. The molecule has 0 aliphatic rings. The number of anilines is 2. The predicted octanol–water partition coefficient (Wildman–Crippen LogP) is 1.33. The molecule has 0 aliphatic carbocycles. The fraction of sp³-hybridized carbons (Fsp3) is 0.417. The summed E-state index contributed by atoms with van der Waals surface area (Å²) >= 11 is 0. The maximum atomic E-state index is 11.0. The smallest absolute Gasteiger partial charge is 0.337 e. The lowest BCUT2D eigenvalue weighted by Gasteiger charge is -2.12. The summed E-state index contributed by atoms with van der Waals surface area (Å²) in [4.78, 5) is 13.1. The van der Waals surface area contributed by atoms with Crippen LogP contribution in [0, 0.1) is 0 Å². The van der Waals surface area contributed by atoms with Crippen LogP contribution in [0.2, 0.25) is 0 Å². The van der Waals surface area contributed by atoms with Gasteiger partial charge in [0.2, 0.25) is 0 Å². The molecule has 0 bridgehead atoms. The van der Waals surface area contributed by atoms with E-state index < -0.39 is 5.97 Å². The van der Waals surface area contributed by atoms with Crippen molar-refractivity contribution in [1.82, 2.24) is 4.90 Å². The number of nitrogens with two attached hydrogens (primary N) is 1. The molecule has 1 aromatic carbocycles. The first-order valence-electron chi connectivity index (χ1n) is 5.52. The number of carbonyl (C=O) groups is 1. The van der Waals surface area contributed by atoms with E-state index in [1.165, 1.54) is 6.07 Å². The summed E-state index contributed by atoms with van der Waals surface area (Å²) in [5.41, 5.74) is 6.86. The topological polar surface area (TPSA) is 78.6 Å². The van der Waals surface area contributed by atoms with Gasteiger partial charge in [-0.05, 0) is 45.3 Å². The van der Waals surface area contributed by atoms with E-state index >= 15 is 0 Å². The molecule has 94 valence electrons. The van der Waals surface area contributed by atoms with E-state index in [0.29, 0.717) is 11.4 Å². The maximum absolute atomic E-state index is 11.0. The van der Waals surface area contributed by atoms with Crippen LogP contribution in [0.5, 0.6) is 0 Å². The summed E-state index contributed by atoms with van der Waals surface area (Å²) in [6.45, 7) is 1.70. The van der Waals surface area contributed by atoms with Gasteiger partial charge in [0, 0.05) is 17.9 Å². The van der Waals surface area contributed by atoms with E-state index in [2.05, 4.69) is 10.2 Å². The minimum absolute atomic E-state index is 0.217. The molecule has 17 heavy (non-hydrogen) atoms. The van der Waals surface area contributed by atoms with Crippen molar-refractivity contribution in [3.05, 3.63) is 23.8 Å². The van der Waals surface area contributed by atoms with Crippen LogP contribution in [0.3, 0.4) is 0 Å². The largest absolute Gasteiger partial charge is 0.478 e. The summed E-state index contributed by atoms with van der Waals surface area (Å²) in [6, 6.07) is 4.87. The van der Waals surface area contributed by atoms with Gasteiger partial charge in [-0.2, -0.15) is 0 Å². The maximum Gasteiger partial charge on any atom is 0.337 e. The molecule has 0 heterocycles. The zero-order valence-electron chi connectivity index (χ0n) is 10.2. The van der Waals surface area contributed by atoms with Crippen molar-refractivity contribution in [2.45, 2.75) is 6.42 Å². The van der Waals surface area contributed by atoms with Crippen LogP contribution in [-0.4, -0.2) is 43.2 Å². The average molecular weight is 237 g/mol. The third-order valence-corrected chi connectivity index (χ3v) is 2.37. The van der Waals surface area contributed by atoms with Gasteiger partial charge in [-0.25, -0.2) is 4.79 Å². The predicted molar refractivity (Wildman–Crippen MR) is 69.5 cm³/mol. The van der Waals surface area contributed by atoms with Crippen LogP contribution in [0.15, 0.2) is 18.2 Å². The van der Waals surface area contributed by atoms with Gasteiger partial charge < -0.3 is 21.1 Å². The van der Waals surface area contributed by atoms with Crippen molar-refractivity contribution in [3.63, 3.8) is 0 Å². The Bertz CT molecular complexity index is 391. The van der Waals surface area contributed by atoms with Crippen LogP contribution in [0.4, 0.5) is 11.4 Å². The van der Waals surface area contributed by atoms with Gasteiger partial charge in [-0.3, -0.25) is 0 Å². The third kappa shape index (κ3) is 4.32. The second kappa shape index (κ2) is 6.10. The molecule has 0 aromatic heterocycles. The number of carboxylic acids is 1. The van der Waals surface area contributed by atoms with Gasteiger partial charge in [0.25, 0.3) is 0 Å². The Morgan fingerprint density at radius 3 is 2.76 bits per heavy atom. The summed E-state index contributed by atoms with van der Waals surface area (Å²) in [6.07, 6.45) is 0.955. The minimum atomic E-state index is -0.965. The van der Waals surface area contributed by atoms with Crippen molar-refractivity contribution in [3.8, 4) is 0 Å². The van der Waals surface area contributed by atoms with E-state index in [1.54, 1.807) is 12.1 Å². The number of aromatic carboxylic acids is 1. The quantitative estimate of drug-likeness (QED) is 0.514. The molecule has 1 rings (SSSR count). The van der Waals surface area contributed by atoms with Crippen LogP contribution in [0.1, 0.15) is 16.8 Å². The number of nitrogen functional groups attached to an aromatic ring is 1. The molecule has 0 saturated carbocycles. The fourth-order valence-electron chi connectivity index (χ4n) is 1.51. The Kier molecular flexibility index (Phi) is 4.78. The Morgan fingerprint density at radius 1 is 1.47 bits per heavy atom. The van der Waals surface area contributed by atoms with Crippen LogP contribution in [0.25, 0.3) is 0 Å². The average Bonchev–Trinajstić information content (AvgIpc) is 2.25. The molecule has 0 saturated heterocycles. The molecule has 0 unspecified atom stereocenters. The van der Waals surface area contributed by atoms with E-state index in [1.807, 2.05) is 14.1 Å². The summed E-state index contributed by atoms with van der Waals surface area (Å²) < 4.78 is 0. The van der Waals surface area contributed by atoms with Crippen LogP contribution < -0.4 is 11.1 Å². The van der Waals surface area contributed by atoms with Gasteiger partial charge in [-0.15, -0.1) is 0 Å². The second-order valence-corrected chi connectivity index (χ2v) is 4.19. The Labute approximate surface area is 101 Å². The van der Waals surface area contributed by atoms with Gasteiger partial charge in [0.05, 0.1) is 5.56 Å². The Hall–Kier alpha value is -1.75. The highest BCUT2D eigenvalue weighted by molar-refractivity contribution is 5.95. The lowest BCUT2D eigenvalue weighted by atomic mass is 10.1. The molecule has 5 nitrogen and oxygen atoms in total. The number of hydrogen-bond acceptors (Lipinski definition) is 4. The first-order valence-corrected chi connectivity index (χ1v) is 5.52. The Balaban J connectivity index is 2.61. The monoisotopic (exact) mass is 237 g/mol. The first-order chi connectivity index (χ1) is 8.00. The van der Waals surface area contributed by atoms with Crippen molar-refractivity contribution < 1.29 is 9.90 Å². The number of carboxylic acid groups (broad SMARTS) is 1. The van der Waals surface area contributed by atoms with Crippen molar-refractivity contribution in [1.29, 1.82) is 0 Å². The van der Waals surface area contributed by atoms with Gasteiger partial charge in [0.15, 0.2) is 0 Å². The number of rotatable bonds is 6. The van der Waals surface area contributed by atoms with E-state index in [4.69, 9.17) is 10.8 Å². The second-order valence-electron chi connectivity index (χ2n) is 4.19. The van der Waals surface area contributed by atoms with Crippen LogP contribution in [-0.2, 0) is 0 Å². The van der Waals surface area contributed by atoms with Crippen molar-refractivity contribution in [2.24, 2.45) is 0 Å². The SMILES string of the molecule is CN(C)CCCNc1ccc(N)cc1C(=O)O. The highest BCUT2D eigenvalue weighted by Gasteiger charge is 2.09. The number of nitrogens with zero attached hydrogens (tertiary/aromatic N) is 1. The van der Waals surface area contributed by atoms with Crippen LogP contribution >= 0.6 is 0 Å². The summed E-state index contributed by atoms with van der Waals surface area (Å²) in [5, 5.41) is 12.1.